The number of anilines is 2. The van der Waals surface area contributed by atoms with Crippen molar-refractivity contribution in [3.63, 3.8) is 0 Å². The van der Waals surface area contributed by atoms with Crippen molar-refractivity contribution >= 4 is 17.3 Å². The Morgan fingerprint density at radius 3 is 2.45 bits per heavy atom. The third kappa shape index (κ3) is 3.74. The molecule has 0 radical (unpaired) electrons. The van der Waals surface area contributed by atoms with Crippen LogP contribution in [0.3, 0.4) is 0 Å². The van der Waals surface area contributed by atoms with Crippen LogP contribution in [0.15, 0.2) is 18.2 Å². The maximum atomic E-state index is 12.3. The summed E-state index contributed by atoms with van der Waals surface area (Å²) in [5, 5.41) is 11.7. The van der Waals surface area contributed by atoms with Crippen molar-refractivity contribution < 1.29 is 4.79 Å². The van der Waals surface area contributed by atoms with Crippen molar-refractivity contribution in [2.45, 2.75) is 44.9 Å². The first-order valence-corrected chi connectivity index (χ1v) is 7.31. The van der Waals surface area contributed by atoms with Crippen LogP contribution >= 0.6 is 0 Å². The minimum absolute atomic E-state index is 0.0586. The first-order valence-electron chi connectivity index (χ1n) is 7.31. The van der Waals surface area contributed by atoms with Crippen LogP contribution < -0.4 is 11.1 Å². The summed E-state index contributed by atoms with van der Waals surface area (Å²) in [4.78, 5) is 12.3. The van der Waals surface area contributed by atoms with E-state index < -0.39 is 0 Å². The summed E-state index contributed by atoms with van der Waals surface area (Å²) < 4.78 is 0. The van der Waals surface area contributed by atoms with Crippen LogP contribution in [-0.4, -0.2) is 5.91 Å². The lowest BCUT2D eigenvalue weighted by Gasteiger charge is -2.19. The molecule has 0 atom stereocenters. The zero-order valence-corrected chi connectivity index (χ0v) is 11.7. The van der Waals surface area contributed by atoms with Gasteiger partial charge in [-0.25, -0.2) is 0 Å². The van der Waals surface area contributed by atoms with Crippen molar-refractivity contribution in [2.24, 2.45) is 5.92 Å². The average molecular weight is 271 g/mol. The van der Waals surface area contributed by atoms with Gasteiger partial charge < -0.3 is 11.1 Å². The summed E-state index contributed by atoms with van der Waals surface area (Å²) in [5.74, 6) is 0.147. The van der Waals surface area contributed by atoms with Gasteiger partial charge in [-0.05, 0) is 31.0 Å². The first kappa shape index (κ1) is 14.4. The van der Waals surface area contributed by atoms with Gasteiger partial charge in [0.1, 0.15) is 0 Å². The van der Waals surface area contributed by atoms with Gasteiger partial charge in [-0.15, -0.1) is 0 Å². The van der Waals surface area contributed by atoms with E-state index >= 15 is 0 Å². The second kappa shape index (κ2) is 6.95. The van der Waals surface area contributed by atoms with Crippen LogP contribution in [0.2, 0.25) is 0 Å². The predicted molar refractivity (Wildman–Crippen MR) is 80.0 cm³/mol. The summed E-state index contributed by atoms with van der Waals surface area (Å²) >= 11 is 0. The van der Waals surface area contributed by atoms with Crippen LogP contribution in [0.5, 0.6) is 0 Å². The van der Waals surface area contributed by atoms with Crippen LogP contribution in [0.1, 0.15) is 50.5 Å². The number of benzene rings is 1. The van der Waals surface area contributed by atoms with Crippen molar-refractivity contribution in [3.05, 3.63) is 23.8 Å². The fourth-order valence-corrected chi connectivity index (χ4v) is 2.70. The molecule has 4 nitrogen and oxygen atoms in total. The number of nitrogens with two attached hydrogens (primary N) is 1. The molecule has 0 bridgehead atoms. The number of rotatable bonds is 2. The molecular formula is C16H21N3O. The van der Waals surface area contributed by atoms with Crippen molar-refractivity contribution in [1.29, 1.82) is 5.26 Å². The molecule has 2 rings (SSSR count). The van der Waals surface area contributed by atoms with E-state index in [1.807, 2.05) is 6.07 Å². The minimum atomic E-state index is 0.0586. The van der Waals surface area contributed by atoms with Crippen molar-refractivity contribution in [1.82, 2.24) is 0 Å². The highest BCUT2D eigenvalue weighted by atomic mass is 16.1. The van der Waals surface area contributed by atoms with E-state index in [-0.39, 0.29) is 11.8 Å². The van der Waals surface area contributed by atoms with Crippen LogP contribution in [0.25, 0.3) is 0 Å². The summed E-state index contributed by atoms with van der Waals surface area (Å²) in [7, 11) is 0. The molecule has 20 heavy (non-hydrogen) atoms. The van der Waals surface area contributed by atoms with Gasteiger partial charge in [0.05, 0.1) is 23.0 Å². The molecule has 0 aliphatic heterocycles. The Morgan fingerprint density at radius 1 is 1.20 bits per heavy atom. The predicted octanol–water partition coefficient (Wildman–Crippen LogP) is 3.44. The summed E-state index contributed by atoms with van der Waals surface area (Å²) in [6.07, 6.45) is 7.91. The first-order chi connectivity index (χ1) is 9.70. The van der Waals surface area contributed by atoms with Gasteiger partial charge in [0.25, 0.3) is 0 Å². The number of carbonyl (C=O) groups is 1. The van der Waals surface area contributed by atoms with Crippen LogP contribution in [0.4, 0.5) is 11.4 Å². The molecule has 0 saturated heterocycles. The van der Waals surface area contributed by atoms with E-state index in [9.17, 15) is 4.79 Å². The van der Waals surface area contributed by atoms with Gasteiger partial charge in [-0.2, -0.15) is 5.26 Å². The molecule has 0 unspecified atom stereocenters. The van der Waals surface area contributed by atoms with Gasteiger partial charge in [0, 0.05) is 5.92 Å². The second-order valence-electron chi connectivity index (χ2n) is 5.45. The molecule has 0 aromatic heterocycles. The van der Waals surface area contributed by atoms with E-state index in [0.29, 0.717) is 16.9 Å². The topological polar surface area (TPSA) is 78.9 Å². The van der Waals surface area contributed by atoms with E-state index in [1.165, 1.54) is 19.3 Å². The third-order valence-corrected chi connectivity index (χ3v) is 3.91. The zero-order chi connectivity index (χ0) is 14.4. The lowest BCUT2D eigenvalue weighted by atomic mass is 9.90. The number of carbonyl (C=O) groups excluding carboxylic acids is 1. The number of hydrogen-bond donors (Lipinski definition) is 2. The molecule has 106 valence electrons. The van der Waals surface area contributed by atoms with Gasteiger partial charge in [0.2, 0.25) is 5.91 Å². The molecule has 1 amide bonds. The van der Waals surface area contributed by atoms with Gasteiger partial charge in [-0.1, -0.05) is 32.1 Å². The standard InChI is InChI=1S/C16H21N3O/c17-11-12-8-9-15(14(18)10-12)19-16(20)13-6-4-2-1-3-5-7-13/h8-10,13H,1-7,18H2,(H,19,20). The molecule has 3 N–H and O–H groups in total. The molecule has 1 saturated carbocycles. The molecule has 1 aromatic carbocycles. The van der Waals surface area contributed by atoms with Crippen molar-refractivity contribution in [2.75, 3.05) is 11.1 Å². The highest BCUT2D eigenvalue weighted by molar-refractivity contribution is 5.95. The highest BCUT2D eigenvalue weighted by Crippen LogP contribution is 2.25. The molecule has 1 aliphatic carbocycles. The van der Waals surface area contributed by atoms with Gasteiger partial charge in [0.15, 0.2) is 0 Å². The van der Waals surface area contributed by atoms with Crippen LogP contribution in [0, 0.1) is 17.2 Å². The normalized spacial score (nSPS) is 16.8. The maximum Gasteiger partial charge on any atom is 0.227 e. The van der Waals surface area contributed by atoms with E-state index in [0.717, 1.165) is 25.7 Å². The summed E-state index contributed by atoms with van der Waals surface area (Å²) in [6.45, 7) is 0. The number of nitriles is 1. The fourth-order valence-electron chi connectivity index (χ4n) is 2.70. The maximum absolute atomic E-state index is 12.3. The Balaban J connectivity index is 2.01. The molecule has 1 aromatic rings. The lowest BCUT2D eigenvalue weighted by Crippen LogP contribution is -2.24. The summed E-state index contributed by atoms with van der Waals surface area (Å²) in [5.41, 5.74) is 7.43. The Bertz CT molecular complexity index is 511. The number of nitrogens with one attached hydrogen (secondary N) is 1. The highest BCUT2D eigenvalue weighted by Gasteiger charge is 2.19. The van der Waals surface area contributed by atoms with E-state index in [1.54, 1.807) is 18.2 Å². The Hall–Kier alpha value is -2.02. The quantitative estimate of drug-likeness (QED) is 0.809. The molecule has 1 aliphatic rings. The number of nitrogens with zero attached hydrogens (tertiary/aromatic N) is 1. The zero-order valence-electron chi connectivity index (χ0n) is 11.7. The van der Waals surface area contributed by atoms with E-state index in [4.69, 9.17) is 11.0 Å². The van der Waals surface area contributed by atoms with Gasteiger partial charge >= 0.3 is 0 Å². The SMILES string of the molecule is N#Cc1ccc(NC(=O)C2CCCCCCC2)c(N)c1. The van der Waals surface area contributed by atoms with E-state index in [2.05, 4.69) is 5.32 Å². The van der Waals surface area contributed by atoms with Gasteiger partial charge in [-0.3, -0.25) is 4.79 Å². The molecular weight excluding hydrogens is 250 g/mol. The largest absolute Gasteiger partial charge is 0.397 e. The second-order valence-corrected chi connectivity index (χ2v) is 5.45. The fraction of sp³-hybridized carbons (Fsp3) is 0.500. The molecule has 4 heteroatoms. The molecule has 0 spiro atoms. The Kier molecular flexibility index (Phi) is 5.00. The average Bonchev–Trinajstić information content (AvgIpc) is 2.40. The van der Waals surface area contributed by atoms with Crippen molar-refractivity contribution in [3.8, 4) is 6.07 Å². The number of nitrogen functional groups attached to an aromatic ring is 1. The molecule has 0 heterocycles. The monoisotopic (exact) mass is 271 g/mol. The molecule has 1 fully saturated rings. The summed E-state index contributed by atoms with van der Waals surface area (Å²) in [6, 6.07) is 7.00. The third-order valence-electron chi connectivity index (χ3n) is 3.91. The number of hydrogen-bond acceptors (Lipinski definition) is 3. The Labute approximate surface area is 120 Å². The smallest absolute Gasteiger partial charge is 0.227 e. The lowest BCUT2D eigenvalue weighted by molar-refractivity contribution is -0.120. The Morgan fingerprint density at radius 2 is 1.85 bits per heavy atom. The van der Waals surface area contributed by atoms with Crippen LogP contribution in [-0.2, 0) is 4.79 Å². The minimum Gasteiger partial charge on any atom is -0.397 e. The number of amides is 1.